The van der Waals surface area contributed by atoms with Gasteiger partial charge in [-0.15, -0.1) is 0 Å². The van der Waals surface area contributed by atoms with Crippen LogP contribution in [-0.4, -0.2) is 23.9 Å². The van der Waals surface area contributed by atoms with Crippen LogP contribution in [0, 0.1) is 0 Å². The van der Waals surface area contributed by atoms with Gasteiger partial charge in [0.1, 0.15) is 0 Å². The van der Waals surface area contributed by atoms with E-state index in [-0.39, 0.29) is 5.91 Å². The van der Waals surface area contributed by atoms with E-state index in [1.165, 1.54) is 31.5 Å². The van der Waals surface area contributed by atoms with Gasteiger partial charge in [0, 0.05) is 22.8 Å². The van der Waals surface area contributed by atoms with Crippen LogP contribution in [0.4, 0.5) is 5.69 Å². The predicted molar refractivity (Wildman–Crippen MR) is 103 cm³/mol. The van der Waals surface area contributed by atoms with Crippen LogP contribution in [0.5, 0.6) is 0 Å². The highest BCUT2D eigenvalue weighted by Gasteiger charge is 2.11. The van der Waals surface area contributed by atoms with E-state index in [0.717, 1.165) is 22.3 Å². The van der Waals surface area contributed by atoms with Crippen LogP contribution in [0.25, 0.3) is 6.08 Å². The number of carbonyl (C=O) groups is 1. The third-order valence-corrected chi connectivity index (χ3v) is 4.65. The summed E-state index contributed by atoms with van der Waals surface area (Å²) in [5.41, 5.74) is 3.15. The molecule has 3 rings (SSSR count). The lowest BCUT2D eigenvalue weighted by Crippen LogP contribution is -2.18. The molecule has 1 aliphatic rings. The molecule has 0 bridgehead atoms. The van der Waals surface area contributed by atoms with E-state index >= 15 is 0 Å². The fourth-order valence-electron chi connectivity index (χ4n) is 2.82. The van der Waals surface area contributed by atoms with Crippen LogP contribution in [0.15, 0.2) is 59.1 Å². The van der Waals surface area contributed by atoms with Crippen LogP contribution in [0.1, 0.15) is 24.0 Å². The van der Waals surface area contributed by atoms with Gasteiger partial charge in [-0.25, -0.2) is 0 Å². The van der Waals surface area contributed by atoms with Gasteiger partial charge in [-0.2, -0.15) is 0 Å². The lowest BCUT2D eigenvalue weighted by molar-refractivity contribution is -0.111. The van der Waals surface area contributed by atoms with Crippen molar-refractivity contribution in [2.75, 3.05) is 18.4 Å². The minimum absolute atomic E-state index is 0.126. The maximum Gasteiger partial charge on any atom is 0.248 e. The van der Waals surface area contributed by atoms with Gasteiger partial charge in [0.15, 0.2) is 0 Å². The second kappa shape index (κ2) is 8.27. The topological polar surface area (TPSA) is 32.3 Å². The molecule has 0 unspecified atom stereocenters. The van der Waals surface area contributed by atoms with Gasteiger partial charge in [0.2, 0.25) is 5.91 Å². The fourth-order valence-corrected chi connectivity index (χ4v) is 3.09. The Morgan fingerprint density at radius 2 is 1.71 bits per heavy atom. The molecule has 0 spiro atoms. The van der Waals surface area contributed by atoms with Crippen molar-refractivity contribution in [2.24, 2.45) is 0 Å². The van der Waals surface area contributed by atoms with Crippen LogP contribution < -0.4 is 5.32 Å². The number of halogens is 1. The van der Waals surface area contributed by atoms with Crippen molar-refractivity contribution in [2.45, 2.75) is 19.4 Å². The molecule has 1 aliphatic heterocycles. The Balaban J connectivity index is 1.53. The minimum Gasteiger partial charge on any atom is -0.323 e. The Labute approximate surface area is 151 Å². The first kappa shape index (κ1) is 16.9. The van der Waals surface area contributed by atoms with Crippen molar-refractivity contribution in [1.82, 2.24) is 4.90 Å². The average molecular weight is 385 g/mol. The molecule has 0 saturated carbocycles. The highest BCUT2D eigenvalue weighted by atomic mass is 79.9. The summed E-state index contributed by atoms with van der Waals surface area (Å²) in [7, 11) is 0. The van der Waals surface area contributed by atoms with E-state index in [2.05, 4.69) is 50.4 Å². The molecule has 2 aromatic rings. The molecular formula is C20H21BrN2O. The van der Waals surface area contributed by atoms with Crippen molar-refractivity contribution in [3.05, 3.63) is 70.2 Å². The maximum absolute atomic E-state index is 12.0. The molecule has 1 amide bonds. The number of rotatable bonds is 5. The molecule has 24 heavy (non-hydrogen) atoms. The zero-order valence-electron chi connectivity index (χ0n) is 13.5. The summed E-state index contributed by atoms with van der Waals surface area (Å²) in [6.45, 7) is 3.43. The van der Waals surface area contributed by atoms with Crippen molar-refractivity contribution in [1.29, 1.82) is 0 Å². The first-order valence-corrected chi connectivity index (χ1v) is 9.04. The lowest BCUT2D eigenvalue weighted by Gasteiger charge is -2.14. The Bertz CT molecular complexity index is 701. The molecule has 124 valence electrons. The highest BCUT2D eigenvalue weighted by molar-refractivity contribution is 9.10. The first-order valence-electron chi connectivity index (χ1n) is 8.25. The summed E-state index contributed by atoms with van der Waals surface area (Å²) >= 11 is 3.38. The normalized spacial score (nSPS) is 15.0. The number of amides is 1. The molecule has 1 fully saturated rings. The SMILES string of the molecule is O=C(/C=C/c1ccc(CN2CCCC2)cc1)Nc1ccc(Br)cc1. The second-order valence-electron chi connectivity index (χ2n) is 6.05. The van der Waals surface area contributed by atoms with Crippen LogP contribution >= 0.6 is 15.9 Å². The van der Waals surface area contributed by atoms with Gasteiger partial charge < -0.3 is 5.32 Å². The molecule has 1 saturated heterocycles. The Morgan fingerprint density at radius 1 is 1.04 bits per heavy atom. The first-order chi connectivity index (χ1) is 11.7. The molecule has 0 aliphatic carbocycles. The highest BCUT2D eigenvalue weighted by Crippen LogP contribution is 2.15. The summed E-state index contributed by atoms with van der Waals surface area (Å²) in [5.74, 6) is -0.126. The number of carbonyl (C=O) groups excluding carboxylic acids is 1. The van der Waals surface area contributed by atoms with Gasteiger partial charge in [-0.3, -0.25) is 9.69 Å². The van der Waals surface area contributed by atoms with Crippen molar-refractivity contribution < 1.29 is 4.79 Å². The third kappa shape index (κ3) is 5.05. The largest absolute Gasteiger partial charge is 0.323 e. The smallest absolute Gasteiger partial charge is 0.248 e. The van der Waals surface area contributed by atoms with Crippen molar-refractivity contribution in [3.63, 3.8) is 0 Å². The molecular weight excluding hydrogens is 364 g/mol. The summed E-state index contributed by atoms with van der Waals surface area (Å²) < 4.78 is 0.991. The number of hydrogen-bond donors (Lipinski definition) is 1. The quantitative estimate of drug-likeness (QED) is 0.757. The molecule has 2 aromatic carbocycles. The second-order valence-corrected chi connectivity index (χ2v) is 6.97. The van der Waals surface area contributed by atoms with Gasteiger partial charge >= 0.3 is 0 Å². The summed E-state index contributed by atoms with van der Waals surface area (Å²) in [6, 6.07) is 15.9. The fraction of sp³-hybridized carbons (Fsp3) is 0.250. The minimum atomic E-state index is -0.126. The maximum atomic E-state index is 12.0. The van der Waals surface area contributed by atoms with Gasteiger partial charge in [-0.05, 0) is 67.4 Å². The standard InChI is InChI=1S/C20H21BrN2O/c21-18-8-10-19(11-9-18)22-20(24)12-7-16-3-5-17(6-4-16)15-23-13-1-2-14-23/h3-12H,1-2,13-15H2,(H,22,24)/b12-7+. The number of likely N-dealkylation sites (tertiary alicyclic amines) is 1. The van der Waals surface area contributed by atoms with E-state index in [4.69, 9.17) is 0 Å². The molecule has 0 atom stereocenters. The zero-order valence-corrected chi connectivity index (χ0v) is 15.1. The van der Waals surface area contributed by atoms with Crippen LogP contribution in [-0.2, 0) is 11.3 Å². The number of nitrogens with zero attached hydrogens (tertiary/aromatic N) is 1. The van der Waals surface area contributed by atoms with E-state index < -0.39 is 0 Å². The summed E-state index contributed by atoms with van der Waals surface area (Å²) in [5, 5.41) is 2.85. The molecule has 0 aromatic heterocycles. The molecule has 3 nitrogen and oxygen atoms in total. The number of hydrogen-bond acceptors (Lipinski definition) is 2. The lowest BCUT2D eigenvalue weighted by atomic mass is 10.1. The number of benzene rings is 2. The van der Waals surface area contributed by atoms with Gasteiger partial charge in [0.25, 0.3) is 0 Å². The molecule has 0 radical (unpaired) electrons. The predicted octanol–water partition coefficient (Wildman–Crippen LogP) is 4.70. The van der Waals surface area contributed by atoms with Crippen LogP contribution in [0.3, 0.4) is 0 Å². The van der Waals surface area contributed by atoms with E-state index in [1.54, 1.807) is 6.08 Å². The van der Waals surface area contributed by atoms with Gasteiger partial charge in [0.05, 0.1) is 0 Å². The van der Waals surface area contributed by atoms with E-state index in [0.29, 0.717) is 0 Å². The van der Waals surface area contributed by atoms with Crippen molar-refractivity contribution in [3.8, 4) is 0 Å². The number of anilines is 1. The zero-order chi connectivity index (χ0) is 16.8. The molecule has 1 heterocycles. The average Bonchev–Trinajstić information content (AvgIpc) is 3.09. The van der Waals surface area contributed by atoms with E-state index in [9.17, 15) is 4.79 Å². The van der Waals surface area contributed by atoms with Crippen LogP contribution in [0.2, 0.25) is 0 Å². The number of nitrogens with one attached hydrogen (secondary N) is 1. The van der Waals surface area contributed by atoms with E-state index in [1.807, 2.05) is 30.3 Å². The third-order valence-electron chi connectivity index (χ3n) is 4.12. The Hall–Kier alpha value is -1.91. The monoisotopic (exact) mass is 384 g/mol. The van der Waals surface area contributed by atoms with Gasteiger partial charge in [-0.1, -0.05) is 40.2 Å². The molecule has 1 N–H and O–H groups in total. The molecule has 4 heteroatoms. The Morgan fingerprint density at radius 3 is 2.38 bits per heavy atom. The summed E-state index contributed by atoms with van der Waals surface area (Å²) in [4.78, 5) is 14.4. The van der Waals surface area contributed by atoms with Crippen molar-refractivity contribution >= 4 is 33.6 Å². The summed E-state index contributed by atoms with van der Waals surface area (Å²) in [6.07, 6.45) is 6.04. The Kier molecular flexibility index (Phi) is 5.83.